The van der Waals surface area contributed by atoms with Gasteiger partial charge < -0.3 is 20.1 Å². The van der Waals surface area contributed by atoms with Crippen LogP contribution in [0.15, 0.2) is 48.2 Å². The molecule has 26 heavy (non-hydrogen) atoms. The molecular weight excluding hydrogens is 354 g/mol. The van der Waals surface area contributed by atoms with Crippen LogP contribution >= 0.6 is 11.6 Å². The van der Waals surface area contributed by atoms with Crippen LogP contribution in [-0.2, 0) is 4.79 Å². The molecule has 0 aliphatic carbocycles. The van der Waals surface area contributed by atoms with Gasteiger partial charge in [0.2, 0.25) is 0 Å². The number of amides is 1. The first-order valence-electron chi connectivity index (χ1n) is 7.64. The number of aryl methyl sites for hydroxylation is 1. The lowest BCUT2D eigenvalue weighted by Crippen LogP contribution is -2.14. The van der Waals surface area contributed by atoms with Crippen molar-refractivity contribution in [1.82, 2.24) is 0 Å². The Bertz CT molecular complexity index is 888. The number of nitrogens with zero attached hydrogens (tertiary/aromatic N) is 1. The fourth-order valence-electron chi connectivity index (χ4n) is 2.10. The predicted octanol–water partition coefficient (Wildman–Crippen LogP) is 4.12. The topological polar surface area (TPSA) is 83.4 Å². The molecule has 2 aromatic rings. The lowest BCUT2D eigenvalue weighted by atomic mass is 10.2. The highest BCUT2D eigenvalue weighted by Gasteiger charge is 2.11. The number of halogens is 1. The highest BCUT2D eigenvalue weighted by atomic mass is 35.5. The van der Waals surface area contributed by atoms with Gasteiger partial charge in [0.1, 0.15) is 11.6 Å². The third kappa shape index (κ3) is 4.68. The summed E-state index contributed by atoms with van der Waals surface area (Å²) in [5.41, 5.74) is 2.00. The van der Waals surface area contributed by atoms with Gasteiger partial charge in [0.25, 0.3) is 5.91 Å². The van der Waals surface area contributed by atoms with E-state index in [0.717, 1.165) is 5.56 Å². The number of rotatable bonds is 6. The maximum atomic E-state index is 12.3. The fraction of sp³-hybridized carbons (Fsp3) is 0.158. The van der Waals surface area contributed by atoms with E-state index < -0.39 is 5.91 Å². The number of hydrogen-bond acceptors (Lipinski definition) is 5. The monoisotopic (exact) mass is 371 g/mol. The van der Waals surface area contributed by atoms with Crippen LogP contribution in [0.3, 0.4) is 0 Å². The van der Waals surface area contributed by atoms with Gasteiger partial charge in [-0.3, -0.25) is 4.79 Å². The molecule has 134 valence electrons. The first kappa shape index (κ1) is 19.2. The van der Waals surface area contributed by atoms with E-state index in [2.05, 4.69) is 10.6 Å². The van der Waals surface area contributed by atoms with Gasteiger partial charge in [-0.05, 0) is 36.8 Å². The minimum absolute atomic E-state index is 0.0866. The van der Waals surface area contributed by atoms with Gasteiger partial charge in [-0.15, -0.1) is 0 Å². The van der Waals surface area contributed by atoms with E-state index >= 15 is 0 Å². The number of benzene rings is 2. The maximum Gasteiger partial charge on any atom is 0.267 e. The smallest absolute Gasteiger partial charge is 0.267 e. The molecule has 0 spiro atoms. The van der Waals surface area contributed by atoms with Crippen molar-refractivity contribution < 1.29 is 14.3 Å². The molecule has 2 N–H and O–H groups in total. The molecule has 6 nitrogen and oxygen atoms in total. The molecular formula is C19H18ClN3O3. The summed E-state index contributed by atoms with van der Waals surface area (Å²) < 4.78 is 10.3. The Morgan fingerprint density at radius 2 is 1.81 bits per heavy atom. The van der Waals surface area contributed by atoms with Crippen molar-refractivity contribution in [3.05, 3.63) is 58.8 Å². The van der Waals surface area contributed by atoms with E-state index in [9.17, 15) is 10.1 Å². The number of nitriles is 1. The molecule has 7 heteroatoms. The molecule has 0 unspecified atom stereocenters. The van der Waals surface area contributed by atoms with E-state index in [0.29, 0.717) is 27.9 Å². The summed E-state index contributed by atoms with van der Waals surface area (Å²) >= 11 is 6.06. The molecule has 0 saturated carbocycles. The number of carbonyl (C=O) groups excluding carboxylic acids is 1. The third-order valence-electron chi connectivity index (χ3n) is 3.56. The summed E-state index contributed by atoms with van der Waals surface area (Å²) in [5.74, 6) is 0.463. The Balaban J connectivity index is 2.13. The van der Waals surface area contributed by atoms with Crippen molar-refractivity contribution in [3.63, 3.8) is 0 Å². The summed E-state index contributed by atoms with van der Waals surface area (Å²) in [6.07, 6.45) is 1.33. The van der Waals surface area contributed by atoms with E-state index in [1.165, 1.54) is 20.4 Å². The maximum absolute atomic E-state index is 12.3. The second-order valence-corrected chi connectivity index (χ2v) is 5.71. The third-order valence-corrected chi connectivity index (χ3v) is 3.97. The van der Waals surface area contributed by atoms with Crippen LogP contribution in [0.1, 0.15) is 5.56 Å². The molecule has 0 aromatic heterocycles. The van der Waals surface area contributed by atoms with Gasteiger partial charge in [-0.1, -0.05) is 17.7 Å². The lowest BCUT2D eigenvalue weighted by Gasteiger charge is -2.10. The van der Waals surface area contributed by atoms with Gasteiger partial charge in [0.15, 0.2) is 11.5 Å². The Morgan fingerprint density at radius 3 is 2.42 bits per heavy atom. The summed E-state index contributed by atoms with van der Waals surface area (Å²) in [7, 11) is 3.02. The number of hydrogen-bond donors (Lipinski definition) is 2. The molecule has 0 saturated heterocycles. The molecule has 0 heterocycles. The lowest BCUT2D eigenvalue weighted by molar-refractivity contribution is -0.112. The highest BCUT2D eigenvalue weighted by Crippen LogP contribution is 2.29. The van der Waals surface area contributed by atoms with E-state index in [-0.39, 0.29) is 5.57 Å². The predicted molar refractivity (Wildman–Crippen MR) is 102 cm³/mol. The Labute approximate surface area is 157 Å². The minimum Gasteiger partial charge on any atom is -0.493 e. The number of methoxy groups -OCH3 is 2. The minimum atomic E-state index is -0.551. The van der Waals surface area contributed by atoms with Gasteiger partial charge >= 0.3 is 0 Å². The van der Waals surface area contributed by atoms with Crippen molar-refractivity contribution in [1.29, 1.82) is 5.26 Å². The number of anilines is 2. The summed E-state index contributed by atoms with van der Waals surface area (Å²) in [6, 6.07) is 12.2. The van der Waals surface area contributed by atoms with Gasteiger partial charge in [-0.2, -0.15) is 5.26 Å². The largest absolute Gasteiger partial charge is 0.493 e. The quantitative estimate of drug-likeness (QED) is 0.589. The van der Waals surface area contributed by atoms with Crippen molar-refractivity contribution in [2.75, 3.05) is 24.9 Å². The number of nitrogens with one attached hydrogen (secondary N) is 2. The van der Waals surface area contributed by atoms with E-state index in [1.54, 1.807) is 30.3 Å². The molecule has 0 bridgehead atoms. The van der Waals surface area contributed by atoms with Crippen LogP contribution in [0.4, 0.5) is 11.4 Å². The molecule has 0 aliphatic rings. The van der Waals surface area contributed by atoms with Crippen molar-refractivity contribution in [2.24, 2.45) is 0 Å². The average Bonchev–Trinajstić information content (AvgIpc) is 2.64. The van der Waals surface area contributed by atoms with Gasteiger partial charge in [0.05, 0.1) is 14.2 Å². The van der Waals surface area contributed by atoms with E-state index in [4.69, 9.17) is 21.1 Å². The molecule has 0 fully saturated rings. The molecule has 0 aliphatic heterocycles. The normalized spacial score (nSPS) is 10.7. The standard InChI is InChI=1S/C19H18ClN3O3/c1-12-4-5-14(8-16(12)20)22-11-13(10-21)19(24)23-15-6-7-17(25-2)18(9-15)26-3/h4-9,11,22H,1-3H3,(H,23,24)/b13-11-. The Morgan fingerprint density at radius 1 is 1.12 bits per heavy atom. The summed E-state index contributed by atoms with van der Waals surface area (Å²) in [6.45, 7) is 1.89. The molecule has 0 atom stereocenters. The van der Waals surface area contributed by atoms with Crippen molar-refractivity contribution >= 4 is 28.9 Å². The van der Waals surface area contributed by atoms with Crippen LogP contribution in [-0.4, -0.2) is 20.1 Å². The van der Waals surface area contributed by atoms with Crippen LogP contribution in [0, 0.1) is 18.3 Å². The van der Waals surface area contributed by atoms with Crippen molar-refractivity contribution in [2.45, 2.75) is 6.92 Å². The number of carbonyl (C=O) groups is 1. The summed E-state index contributed by atoms with van der Waals surface area (Å²) in [5, 5.41) is 15.4. The number of ether oxygens (including phenoxy) is 2. The average molecular weight is 372 g/mol. The van der Waals surface area contributed by atoms with E-state index in [1.807, 2.05) is 19.1 Å². The zero-order valence-corrected chi connectivity index (χ0v) is 15.3. The van der Waals surface area contributed by atoms with Gasteiger partial charge in [-0.25, -0.2) is 0 Å². The first-order chi connectivity index (χ1) is 12.5. The van der Waals surface area contributed by atoms with Crippen molar-refractivity contribution in [3.8, 4) is 17.6 Å². The van der Waals surface area contributed by atoms with Gasteiger partial charge in [0, 0.05) is 28.7 Å². The highest BCUT2D eigenvalue weighted by molar-refractivity contribution is 6.31. The summed E-state index contributed by atoms with van der Waals surface area (Å²) in [4.78, 5) is 12.3. The molecule has 0 radical (unpaired) electrons. The van der Waals surface area contributed by atoms with Crippen LogP contribution < -0.4 is 20.1 Å². The Hall–Kier alpha value is -3.17. The zero-order valence-electron chi connectivity index (χ0n) is 14.6. The molecule has 1 amide bonds. The second kappa shape index (κ2) is 8.79. The zero-order chi connectivity index (χ0) is 19.1. The molecule has 2 aromatic carbocycles. The SMILES string of the molecule is COc1ccc(NC(=O)/C(C#N)=C\Nc2ccc(C)c(Cl)c2)cc1OC. The molecule has 2 rings (SSSR count). The second-order valence-electron chi connectivity index (χ2n) is 5.30. The van der Waals surface area contributed by atoms with Crippen LogP contribution in [0.25, 0.3) is 0 Å². The van der Waals surface area contributed by atoms with Crippen LogP contribution in [0.2, 0.25) is 5.02 Å². The fourth-order valence-corrected chi connectivity index (χ4v) is 2.28. The first-order valence-corrected chi connectivity index (χ1v) is 8.02. The van der Waals surface area contributed by atoms with Crippen LogP contribution in [0.5, 0.6) is 11.5 Å². The Kier molecular flexibility index (Phi) is 6.48.